The number of nitrogens with two attached hydrogens (primary N) is 1. The zero-order chi connectivity index (χ0) is 12.3. The number of benzene rings is 1. The van der Waals surface area contributed by atoms with E-state index in [1.54, 1.807) is 6.07 Å². The van der Waals surface area contributed by atoms with E-state index in [1.807, 2.05) is 11.8 Å². The van der Waals surface area contributed by atoms with Crippen molar-refractivity contribution < 1.29 is 9.13 Å². The first-order chi connectivity index (χ1) is 8.20. The van der Waals surface area contributed by atoms with Crippen molar-refractivity contribution in [2.45, 2.75) is 31.4 Å². The zero-order valence-corrected chi connectivity index (χ0v) is 10.8. The lowest BCUT2D eigenvalue weighted by molar-refractivity contribution is 0.149. The van der Waals surface area contributed by atoms with Crippen LogP contribution in [0.4, 0.5) is 4.39 Å². The highest BCUT2D eigenvalue weighted by atomic mass is 32.2. The number of rotatable bonds is 4. The number of thioether (sulfide) groups is 1. The van der Waals surface area contributed by atoms with Crippen LogP contribution in [-0.2, 0) is 0 Å². The minimum atomic E-state index is -0.263. The van der Waals surface area contributed by atoms with Crippen LogP contribution in [-0.4, -0.2) is 18.1 Å². The van der Waals surface area contributed by atoms with Gasteiger partial charge in [0, 0.05) is 24.1 Å². The lowest BCUT2D eigenvalue weighted by Crippen LogP contribution is -2.29. The van der Waals surface area contributed by atoms with E-state index in [0.717, 1.165) is 30.6 Å². The quantitative estimate of drug-likeness (QED) is 0.840. The Labute approximate surface area is 106 Å². The fourth-order valence-electron chi connectivity index (χ4n) is 2.19. The van der Waals surface area contributed by atoms with Gasteiger partial charge in [-0.3, -0.25) is 0 Å². The van der Waals surface area contributed by atoms with E-state index in [2.05, 4.69) is 6.26 Å². The molecule has 1 aromatic rings. The molecule has 1 aliphatic heterocycles. The van der Waals surface area contributed by atoms with E-state index in [1.165, 1.54) is 12.1 Å². The van der Waals surface area contributed by atoms with Crippen LogP contribution in [0.2, 0.25) is 0 Å². The van der Waals surface area contributed by atoms with Gasteiger partial charge in [-0.25, -0.2) is 4.39 Å². The average Bonchev–Trinajstić information content (AvgIpc) is 2.28. The molecular weight excluding hydrogens is 237 g/mol. The molecule has 0 radical (unpaired) electrons. The standard InChI is InChI=1S/C13H18FNOS/c1-17-6-2-3-10-8-12(15)11-5-4-9(14)7-13(11)16-10/h4-5,7,10,12H,2-3,6,8,15H2,1H3/t10?,12-/m1/s1. The molecule has 2 atom stereocenters. The summed E-state index contributed by atoms with van der Waals surface area (Å²) in [5.74, 6) is 1.49. The monoisotopic (exact) mass is 255 g/mol. The molecule has 2 nitrogen and oxygen atoms in total. The van der Waals surface area contributed by atoms with Crippen LogP contribution in [0.25, 0.3) is 0 Å². The summed E-state index contributed by atoms with van der Waals surface area (Å²) in [5, 5.41) is 0. The van der Waals surface area contributed by atoms with Gasteiger partial charge >= 0.3 is 0 Å². The van der Waals surface area contributed by atoms with E-state index >= 15 is 0 Å². The SMILES string of the molecule is CSCCCC1C[C@@H](N)c2ccc(F)cc2O1. The van der Waals surface area contributed by atoms with Crippen molar-refractivity contribution in [3.63, 3.8) is 0 Å². The first-order valence-corrected chi connectivity index (χ1v) is 7.30. The van der Waals surface area contributed by atoms with Gasteiger partial charge in [-0.05, 0) is 30.9 Å². The Balaban J connectivity index is 2.04. The second-order valence-corrected chi connectivity index (χ2v) is 5.38. The summed E-state index contributed by atoms with van der Waals surface area (Å²) >= 11 is 1.83. The lowest BCUT2D eigenvalue weighted by atomic mass is 9.95. The van der Waals surface area contributed by atoms with Gasteiger partial charge in [-0.15, -0.1) is 0 Å². The average molecular weight is 255 g/mol. The highest BCUT2D eigenvalue weighted by molar-refractivity contribution is 7.98. The predicted octanol–water partition coefficient (Wildman–Crippen LogP) is 3.12. The van der Waals surface area contributed by atoms with Crippen molar-refractivity contribution in [2.75, 3.05) is 12.0 Å². The van der Waals surface area contributed by atoms with Gasteiger partial charge in [-0.1, -0.05) is 6.07 Å². The second-order valence-electron chi connectivity index (χ2n) is 4.40. The molecule has 0 aliphatic carbocycles. The Hall–Kier alpha value is -0.740. The third-order valence-electron chi connectivity index (χ3n) is 3.06. The Morgan fingerprint density at radius 3 is 3.12 bits per heavy atom. The van der Waals surface area contributed by atoms with E-state index in [4.69, 9.17) is 10.5 Å². The van der Waals surface area contributed by atoms with Gasteiger partial charge in [0.15, 0.2) is 0 Å². The minimum absolute atomic E-state index is 0.0290. The minimum Gasteiger partial charge on any atom is -0.490 e. The summed E-state index contributed by atoms with van der Waals surface area (Å²) in [4.78, 5) is 0. The second kappa shape index (κ2) is 5.74. The number of hydrogen-bond donors (Lipinski definition) is 1. The molecular formula is C13H18FNOS. The molecule has 0 saturated heterocycles. The Morgan fingerprint density at radius 2 is 2.35 bits per heavy atom. The van der Waals surface area contributed by atoms with Gasteiger partial charge in [0.2, 0.25) is 0 Å². The number of ether oxygens (including phenoxy) is 1. The number of halogens is 1. The highest BCUT2D eigenvalue weighted by Crippen LogP contribution is 2.35. The molecule has 17 heavy (non-hydrogen) atoms. The van der Waals surface area contributed by atoms with Crippen molar-refractivity contribution in [3.8, 4) is 5.75 Å². The van der Waals surface area contributed by atoms with Crippen LogP contribution < -0.4 is 10.5 Å². The topological polar surface area (TPSA) is 35.2 Å². The summed E-state index contributed by atoms with van der Waals surface area (Å²) < 4.78 is 18.9. The van der Waals surface area contributed by atoms with Crippen LogP contribution in [0.3, 0.4) is 0 Å². The zero-order valence-electron chi connectivity index (χ0n) is 9.99. The molecule has 0 fully saturated rings. The largest absolute Gasteiger partial charge is 0.490 e. The lowest BCUT2D eigenvalue weighted by Gasteiger charge is -2.30. The van der Waals surface area contributed by atoms with Crippen LogP contribution in [0.1, 0.15) is 30.9 Å². The Kier molecular flexibility index (Phi) is 4.29. The summed E-state index contributed by atoms with van der Waals surface area (Å²) in [6, 6.07) is 4.58. The summed E-state index contributed by atoms with van der Waals surface area (Å²) in [6.45, 7) is 0. The molecule has 2 rings (SSSR count). The maximum atomic E-state index is 13.1. The molecule has 1 unspecified atom stereocenters. The van der Waals surface area contributed by atoms with Crippen molar-refractivity contribution >= 4 is 11.8 Å². The molecule has 2 N–H and O–H groups in total. The molecule has 1 aromatic carbocycles. The third-order valence-corrected chi connectivity index (χ3v) is 3.76. The first kappa shape index (κ1) is 12.7. The summed E-state index contributed by atoms with van der Waals surface area (Å²) in [7, 11) is 0. The third kappa shape index (κ3) is 3.13. The maximum Gasteiger partial charge on any atom is 0.127 e. The molecule has 0 bridgehead atoms. The highest BCUT2D eigenvalue weighted by Gasteiger charge is 2.25. The Bertz CT molecular complexity index is 386. The number of fused-ring (bicyclic) bond motifs is 1. The van der Waals surface area contributed by atoms with Gasteiger partial charge in [-0.2, -0.15) is 11.8 Å². The van der Waals surface area contributed by atoms with E-state index in [0.29, 0.717) is 5.75 Å². The van der Waals surface area contributed by atoms with Crippen LogP contribution >= 0.6 is 11.8 Å². The first-order valence-electron chi connectivity index (χ1n) is 5.91. The number of hydrogen-bond acceptors (Lipinski definition) is 3. The molecule has 0 amide bonds. The predicted molar refractivity (Wildman–Crippen MR) is 70.0 cm³/mol. The van der Waals surface area contributed by atoms with Gasteiger partial charge in [0.25, 0.3) is 0 Å². The van der Waals surface area contributed by atoms with Crippen LogP contribution in [0.5, 0.6) is 5.75 Å². The normalized spacial score (nSPS) is 23.0. The molecule has 0 saturated carbocycles. The van der Waals surface area contributed by atoms with E-state index < -0.39 is 0 Å². The van der Waals surface area contributed by atoms with Gasteiger partial charge < -0.3 is 10.5 Å². The van der Waals surface area contributed by atoms with Crippen molar-refractivity contribution in [2.24, 2.45) is 5.73 Å². The molecule has 0 spiro atoms. The molecule has 94 valence electrons. The fourth-order valence-corrected chi connectivity index (χ4v) is 2.64. The maximum absolute atomic E-state index is 13.1. The molecule has 1 heterocycles. The molecule has 0 aromatic heterocycles. The van der Waals surface area contributed by atoms with E-state index in [-0.39, 0.29) is 18.0 Å². The Morgan fingerprint density at radius 1 is 1.53 bits per heavy atom. The van der Waals surface area contributed by atoms with Crippen molar-refractivity contribution in [3.05, 3.63) is 29.6 Å². The smallest absolute Gasteiger partial charge is 0.127 e. The van der Waals surface area contributed by atoms with Crippen molar-refractivity contribution in [1.29, 1.82) is 0 Å². The van der Waals surface area contributed by atoms with Crippen LogP contribution in [0, 0.1) is 5.82 Å². The van der Waals surface area contributed by atoms with Crippen molar-refractivity contribution in [1.82, 2.24) is 0 Å². The summed E-state index contributed by atoms with van der Waals surface area (Å²) in [5.41, 5.74) is 7.01. The summed E-state index contributed by atoms with van der Waals surface area (Å²) in [6.07, 6.45) is 5.16. The van der Waals surface area contributed by atoms with Gasteiger partial charge in [0.05, 0.1) is 0 Å². The molecule has 1 aliphatic rings. The molecule has 4 heteroatoms. The van der Waals surface area contributed by atoms with E-state index in [9.17, 15) is 4.39 Å². The fraction of sp³-hybridized carbons (Fsp3) is 0.538. The van der Waals surface area contributed by atoms with Gasteiger partial charge in [0.1, 0.15) is 17.7 Å². The van der Waals surface area contributed by atoms with Crippen LogP contribution in [0.15, 0.2) is 18.2 Å².